The first kappa shape index (κ1) is 28.5. The summed E-state index contributed by atoms with van der Waals surface area (Å²) >= 11 is 1.45. The van der Waals surface area contributed by atoms with Crippen molar-refractivity contribution in [2.24, 2.45) is 0 Å². The fourth-order valence-corrected chi connectivity index (χ4v) is 9.32. The molecule has 0 aliphatic carbocycles. The summed E-state index contributed by atoms with van der Waals surface area (Å²) in [4.78, 5) is 26.1. The van der Waals surface area contributed by atoms with Crippen LogP contribution in [0.1, 0.15) is 47.8 Å². The minimum Gasteiger partial charge on any atom is -0.466 e. The number of esters is 1. The van der Waals surface area contributed by atoms with E-state index < -0.39 is 28.6 Å². The average Bonchev–Trinajstić information content (AvgIpc) is 3.35. The Balaban J connectivity index is 1.57. The lowest BCUT2D eigenvalue weighted by atomic mass is 9.95. The molecule has 4 rings (SSSR count). The molecule has 1 atom stereocenters. The monoisotopic (exact) mass is 568 g/mol. The number of benzene rings is 2. The zero-order valence-electron chi connectivity index (χ0n) is 22.6. The number of rotatable bonds is 9. The van der Waals surface area contributed by atoms with Crippen molar-refractivity contribution >= 4 is 41.0 Å². The van der Waals surface area contributed by atoms with E-state index in [-0.39, 0.29) is 18.0 Å². The number of hydrogen-bond acceptors (Lipinski definition) is 6. The van der Waals surface area contributed by atoms with Gasteiger partial charge in [-0.25, -0.2) is 8.42 Å². The van der Waals surface area contributed by atoms with E-state index in [0.29, 0.717) is 25.0 Å². The van der Waals surface area contributed by atoms with E-state index in [4.69, 9.17) is 4.74 Å². The Morgan fingerprint density at radius 1 is 0.895 bits per heavy atom. The van der Waals surface area contributed by atoms with Crippen molar-refractivity contribution in [3.63, 3.8) is 0 Å². The van der Waals surface area contributed by atoms with E-state index in [1.807, 2.05) is 60.7 Å². The predicted molar refractivity (Wildman–Crippen MR) is 158 cm³/mol. The molecule has 38 heavy (non-hydrogen) atoms. The molecule has 5 nitrogen and oxygen atoms in total. The number of Topliss-reactive ketones (excluding diaryl/α,β-unsaturated/α-hetero) is 1. The van der Waals surface area contributed by atoms with Crippen molar-refractivity contribution in [3.8, 4) is 21.6 Å². The van der Waals surface area contributed by atoms with Crippen LogP contribution in [0.3, 0.4) is 0 Å². The van der Waals surface area contributed by atoms with Gasteiger partial charge in [0.15, 0.2) is 15.6 Å². The van der Waals surface area contributed by atoms with Gasteiger partial charge in [-0.15, -0.1) is 11.3 Å². The van der Waals surface area contributed by atoms with Crippen LogP contribution >= 0.6 is 11.3 Å². The molecule has 0 bridgehead atoms. The summed E-state index contributed by atoms with van der Waals surface area (Å²) in [5.41, 5.74) is 3.73. The van der Waals surface area contributed by atoms with Crippen molar-refractivity contribution < 1.29 is 22.7 Å². The van der Waals surface area contributed by atoms with E-state index in [9.17, 15) is 18.0 Å². The molecule has 0 amide bonds. The second-order valence-electron chi connectivity index (χ2n) is 11.4. The predicted octanol–water partition coefficient (Wildman–Crippen LogP) is 7.35. The Kier molecular flexibility index (Phi) is 8.45. The van der Waals surface area contributed by atoms with Crippen LogP contribution in [0.15, 0.2) is 60.7 Å². The molecule has 1 aromatic heterocycles. The molecule has 0 radical (unpaired) electrons. The molecular formula is C30H36O5S2Si. The van der Waals surface area contributed by atoms with Gasteiger partial charge in [0.05, 0.1) is 18.8 Å². The Morgan fingerprint density at radius 3 is 2.08 bits per heavy atom. The summed E-state index contributed by atoms with van der Waals surface area (Å²) in [6, 6.07) is 20.3. The van der Waals surface area contributed by atoms with Crippen LogP contribution in [0.2, 0.25) is 25.7 Å². The van der Waals surface area contributed by atoms with Crippen LogP contribution in [-0.2, 0) is 24.1 Å². The minimum atomic E-state index is -3.51. The van der Waals surface area contributed by atoms with Crippen molar-refractivity contribution in [1.29, 1.82) is 0 Å². The lowest BCUT2D eigenvalue weighted by Gasteiger charge is -2.35. The van der Waals surface area contributed by atoms with Gasteiger partial charge in [0.2, 0.25) is 0 Å². The third-order valence-electron chi connectivity index (χ3n) is 7.23. The molecule has 2 aromatic carbocycles. The fraction of sp³-hybridized carbons (Fsp3) is 0.400. The molecule has 1 fully saturated rings. The van der Waals surface area contributed by atoms with Crippen molar-refractivity contribution in [3.05, 3.63) is 71.1 Å². The fourth-order valence-electron chi connectivity index (χ4n) is 4.83. The van der Waals surface area contributed by atoms with E-state index in [1.165, 1.54) is 11.3 Å². The second-order valence-corrected chi connectivity index (χ2v) is 20.5. The first-order chi connectivity index (χ1) is 17.9. The highest BCUT2D eigenvalue weighted by Crippen LogP contribution is 2.47. The molecular weight excluding hydrogens is 533 g/mol. The Labute approximate surface area is 231 Å². The molecule has 0 unspecified atom stereocenters. The van der Waals surface area contributed by atoms with Gasteiger partial charge in [-0.2, -0.15) is 0 Å². The molecule has 0 N–H and O–H groups in total. The van der Waals surface area contributed by atoms with Gasteiger partial charge >= 0.3 is 5.97 Å². The van der Waals surface area contributed by atoms with Gasteiger partial charge in [-0.05, 0) is 54.6 Å². The number of sulfone groups is 1. The normalized spacial score (nSPS) is 19.2. The molecule has 202 valence electrons. The second kappa shape index (κ2) is 11.3. The zero-order valence-corrected chi connectivity index (χ0v) is 25.2. The highest BCUT2D eigenvalue weighted by atomic mass is 32.2. The highest BCUT2D eigenvalue weighted by molar-refractivity contribution is 7.92. The minimum absolute atomic E-state index is 0.0398. The van der Waals surface area contributed by atoms with Crippen LogP contribution < -0.4 is 0 Å². The maximum atomic E-state index is 13.5. The van der Waals surface area contributed by atoms with Gasteiger partial charge in [0.25, 0.3) is 0 Å². The standard InChI is InChI=1S/C30H36O5S2Si/c1-22(31)23-7-9-24(10-8-23)25-11-13-26(14-12-25)27-15-16-28(36-27)30(17-5-6-19-37(30,33)34)21-29(32)35-18-20-38(2,3)4/h7-16H,5-6,17-21H2,1-4H3/t30-/m0/s1. The molecule has 0 spiro atoms. The Morgan fingerprint density at radius 2 is 1.50 bits per heavy atom. The summed E-state index contributed by atoms with van der Waals surface area (Å²) < 4.78 is 31.3. The number of carbonyl (C=O) groups is 2. The van der Waals surface area contributed by atoms with Crippen LogP contribution in [0.25, 0.3) is 21.6 Å². The molecule has 1 aliphatic heterocycles. The van der Waals surface area contributed by atoms with Crippen LogP contribution in [0.4, 0.5) is 0 Å². The molecule has 3 aromatic rings. The third-order valence-corrected chi connectivity index (χ3v) is 13.0. The maximum Gasteiger partial charge on any atom is 0.307 e. The number of thiophene rings is 1. The van der Waals surface area contributed by atoms with Gasteiger partial charge in [0.1, 0.15) is 4.75 Å². The Bertz CT molecular complexity index is 1400. The van der Waals surface area contributed by atoms with Crippen molar-refractivity contribution in [1.82, 2.24) is 0 Å². The molecule has 8 heteroatoms. The summed E-state index contributed by atoms with van der Waals surface area (Å²) in [6.45, 7) is 8.57. The highest BCUT2D eigenvalue weighted by Gasteiger charge is 2.49. The largest absolute Gasteiger partial charge is 0.466 e. The zero-order chi connectivity index (χ0) is 27.6. The maximum absolute atomic E-state index is 13.5. The summed E-state index contributed by atoms with van der Waals surface area (Å²) in [5, 5.41) is 0. The average molecular weight is 569 g/mol. The number of ether oxygens (including phenoxy) is 1. The van der Waals surface area contributed by atoms with Crippen molar-refractivity contribution in [2.75, 3.05) is 12.4 Å². The summed E-state index contributed by atoms with van der Waals surface area (Å²) in [5.74, 6) is -0.290. The van der Waals surface area contributed by atoms with Crippen LogP contribution in [0.5, 0.6) is 0 Å². The van der Waals surface area contributed by atoms with Gasteiger partial charge in [0, 0.05) is 23.4 Å². The van der Waals surface area contributed by atoms with Crippen molar-refractivity contribution in [2.45, 2.75) is 63.0 Å². The number of carbonyl (C=O) groups excluding carboxylic acids is 2. The van der Waals surface area contributed by atoms with E-state index in [1.54, 1.807) is 6.92 Å². The molecule has 1 saturated heterocycles. The van der Waals surface area contributed by atoms with Crippen LogP contribution in [-0.4, -0.2) is 40.6 Å². The first-order valence-electron chi connectivity index (χ1n) is 13.1. The van der Waals surface area contributed by atoms with E-state index >= 15 is 0 Å². The number of hydrogen-bond donors (Lipinski definition) is 0. The molecule has 1 aliphatic rings. The van der Waals surface area contributed by atoms with Gasteiger partial charge < -0.3 is 4.74 Å². The van der Waals surface area contributed by atoms with Gasteiger partial charge in [-0.1, -0.05) is 74.6 Å². The quantitative estimate of drug-likeness (QED) is 0.153. The lowest BCUT2D eigenvalue weighted by molar-refractivity contribution is -0.144. The van der Waals surface area contributed by atoms with E-state index in [0.717, 1.165) is 38.9 Å². The lowest BCUT2D eigenvalue weighted by Crippen LogP contribution is -2.42. The number of ketones is 1. The summed E-state index contributed by atoms with van der Waals surface area (Å²) in [6.07, 6.45) is 1.71. The smallest absolute Gasteiger partial charge is 0.307 e. The summed E-state index contributed by atoms with van der Waals surface area (Å²) in [7, 11) is -4.88. The SMILES string of the molecule is CC(=O)c1ccc(-c2ccc(-c3ccc([C@@]4(CC(=O)OCC[Si](C)(C)C)CCCCS4(=O)=O)s3)cc2)cc1. The Hall–Kier alpha value is -2.55. The molecule has 2 heterocycles. The van der Waals surface area contributed by atoms with Gasteiger partial charge in [-0.3, -0.25) is 9.59 Å². The molecule has 0 saturated carbocycles. The van der Waals surface area contributed by atoms with Crippen LogP contribution in [0, 0.1) is 0 Å². The third kappa shape index (κ3) is 6.35. The first-order valence-corrected chi connectivity index (χ1v) is 19.3. The van der Waals surface area contributed by atoms with E-state index in [2.05, 4.69) is 19.6 Å². The topological polar surface area (TPSA) is 77.5 Å².